The lowest BCUT2D eigenvalue weighted by Gasteiger charge is -2.50. The van der Waals surface area contributed by atoms with Gasteiger partial charge in [-0.25, -0.2) is 9.88 Å². The summed E-state index contributed by atoms with van der Waals surface area (Å²) < 4.78 is 51.3. The number of phenolic OH excluding ortho intramolecular Hbond substituents is 1. The number of imide groups is 2. The van der Waals surface area contributed by atoms with E-state index in [-0.39, 0.29) is 29.1 Å². The van der Waals surface area contributed by atoms with E-state index in [2.05, 4.69) is 9.72 Å². The number of allylic oxidation sites excluding steroid dienone is 2. The standard InChI is InChI=1S/C46H31ClF3N3O7/c47-26-9-6-10-28(21-26)53-42(56)34-23-32-30(39(45(34,44(53)58)25-7-2-1-3-8-25)33-22-29(17-20-36(33)54)60-46(48,49)50)18-19-31-38(32)43(57)52(41(31)55)27-15-13-24(14-16-27)40-51-35-11-4-5-12-37(35)59-40/h1-18,20-22,31-32,34,38-39,54H,19,23H2. The van der Waals surface area contributed by atoms with Crippen molar-refractivity contribution in [3.05, 3.63) is 149 Å². The van der Waals surface area contributed by atoms with Gasteiger partial charge >= 0.3 is 6.36 Å². The van der Waals surface area contributed by atoms with Crippen molar-refractivity contribution in [3.63, 3.8) is 0 Å². The van der Waals surface area contributed by atoms with Crippen LogP contribution < -0.4 is 14.5 Å². The molecular weight excluding hydrogens is 799 g/mol. The summed E-state index contributed by atoms with van der Waals surface area (Å²) in [6.07, 6.45) is -3.37. The number of para-hydroxylation sites is 2. The minimum atomic E-state index is -5.09. The Morgan fingerprint density at radius 2 is 1.53 bits per heavy atom. The molecule has 14 heteroatoms. The average molecular weight is 830 g/mol. The van der Waals surface area contributed by atoms with Crippen molar-refractivity contribution >= 4 is 57.7 Å². The first-order valence-electron chi connectivity index (χ1n) is 19.2. The zero-order valence-corrected chi connectivity index (χ0v) is 31.9. The molecule has 10 rings (SSSR count). The van der Waals surface area contributed by atoms with E-state index in [1.165, 1.54) is 6.07 Å². The van der Waals surface area contributed by atoms with Crippen molar-refractivity contribution in [2.75, 3.05) is 9.80 Å². The maximum absolute atomic E-state index is 15.4. The number of aromatic hydroxyl groups is 1. The van der Waals surface area contributed by atoms with Crippen LogP contribution in [0.5, 0.6) is 11.5 Å². The van der Waals surface area contributed by atoms with Gasteiger partial charge in [0.1, 0.15) is 17.0 Å². The zero-order chi connectivity index (χ0) is 41.7. The highest BCUT2D eigenvalue weighted by Gasteiger charge is 2.70. The highest BCUT2D eigenvalue weighted by atomic mass is 35.5. The van der Waals surface area contributed by atoms with Gasteiger partial charge in [0.15, 0.2) is 5.58 Å². The molecule has 300 valence electrons. The molecular formula is C46H31ClF3N3O7. The molecule has 2 aliphatic heterocycles. The minimum absolute atomic E-state index is 0.0459. The lowest BCUT2D eigenvalue weighted by molar-refractivity contribution is -0.274. The van der Waals surface area contributed by atoms with Gasteiger partial charge in [-0.15, -0.1) is 13.2 Å². The van der Waals surface area contributed by atoms with Gasteiger partial charge in [-0.2, -0.15) is 0 Å². The van der Waals surface area contributed by atoms with Crippen LogP contribution in [0, 0.1) is 23.7 Å². The third-order valence-corrected chi connectivity index (χ3v) is 12.6. The highest BCUT2D eigenvalue weighted by Crippen LogP contribution is 2.65. The van der Waals surface area contributed by atoms with Crippen LogP contribution >= 0.6 is 11.6 Å². The number of anilines is 2. The van der Waals surface area contributed by atoms with Crippen molar-refractivity contribution in [1.29, 1.82) is 0 Å². The number of benzene rings is 5. The summed E-state index contributed by atoms with van der Waals surface area (Å²) >= 11 is 6.37. The predicted octanol–water partition coefficient (Wildman–Crippen LogP) is 9.12. The van der Waals surface area contributed by atoms with E-state index in [1.807, 2.05) is 18.2 Å². The molecule has 6 aromatic rings. The Morgan fingerprint density at radius 3 is 2.27 bits per heavy atom. The van der Waals surface area contributed by atoms with Crippen LogP contribution in [-0.4, -0.2) is 40.1 Å². The summed E-state index contributed by atoms with van der Waals surface area (Å²) in [4.78, 5) is 66.2. The van der Waals surface area contributed by atoms with Crippen LogP contribution in [0.1, 0.15) is 29.9 Å². The summed E-state index contributed by atoms with van der Waals surface area (Å²) in [5.74, 6) is -8.26. The lowest BCUT2D eigenvalue weighted by Crippen LogP contribution is -2.53. The molecule has 6 atom stereocenters. The second-order valence-corrected chi connectivity index (χ2v) is 15.8. The largest absolute Gasteiger partial charge is 0.573 e. The molecule has 2 aliphatic carbocycles. The van der Waals surface area contributed by atoms with Crippen molar-refractivity contribution in [2.24, 2.45) is 23.7 Å². The summed E-state index contributed by atoms with van der Waals surface area (Å²) in [5.41, 5.74) is 1.24. The Bertz CT molecular complexity index is 2770. The number of nitrogens with zero attached hydrogens (tertiary/aromatic N) is 3. The molecule has 6 unspecified atom stereocenters. The Labute approximate surface area is 344 Å². The van der Waals surface area contributed by atoms with Crippen molar-refractivity contribution in [3.8, 4) is 23.0 Å². The SMILES string of the molecule is O=C1C2CC=C3C(CC4C(=O)N(c5cccc(Cl)c5)C(=O)C4(c4ccccc4)C3c3cc(OC(F)(F)F)ccc3O)C2C(=O)N1c1ccc(-c2nc3ccccc3o2)cc1. The quantitative estimate of drug-likeness (QED) is 0.130. The van der Waals surface area contributed by atoms with Crippen LogP contribution in [-0.2, 0) is 24.6 Å². The Balaban J connectivity index is 1.11. The first-order valence-corrected chi connectivity index (χ1v) is 19.5. The highest BCUT2D eigenvalue weighted by molar-refractivity contribution is 6.32. The van der Waals surface area contributed by atoms with Crippen molar-refractivity contribution in [2.45, 2.75) is 30.5 Å². The fourth-order valence-corrected chi connectivity index (χ4v) is 10.2. The van der Waals surface area contributed by atoms with Gasteiger partial charge in [0.05, 0.1) is 34.5 Å². The molecule has 0 radical (unpaired) electrons. The van der Waals surface area contributed by atoms with E-state index in [1.54, 1.807) is 84.9 Å². The molecule has 0 bridgehead atoms. The van der Waals surface area contributed by atoms with Crippen LogP contribution in [0.15, 0.2) is 137 Å². The number of oxazole rings is 1. The molecule has 10 nitrogen and oxygen atoms in total. The van der Waals surface area contributed by atoms with E-state index in [0.29, 0.717) is 39.4 Å². The minimum Gasteiger partial charge on any atom is -0.508 e. The zero-order valence-electron chi connectivity index (χ0n) is 31.2. The molecule has 4 amide bonds. The number of hydrogen-bond donors (Lipinski definition) is 1. The Kier molecular flexibility index (Phi) is 8.55. The van der Waals surface area contributed by atoms with Gasteiger partial charge in [-0.3, -0.25) is 24.1 Å². The number of carbonyl (C=O) groups is 4. The number of aromatic nitrogens is 1. The molecule has 60 heavy (non-hydrogen) atoms. The Morgan fingerprint density at radius 1 is 0.783 bits per heavy atom. The average Bonchev–Trinajstić information content (AvgIpc) is 3.85. The van der Waals surface area contributed by atoms with E-state index in [9.17, 15) is 32.7 Å². The third-order valence-electron chi connectivity index (χ3n) is 12.4. The topological polar surface area (TPSA) is 130 Å². The Hall–Kier alpha value is -6.73. The number of ether oxygens (including phenoxy) is 1. The van der Waals surface area contributed by atoms with Gasteiger partial charge in [-0.05, 0) is 97.1 Å². The number of rotatable bonds is 6. The van der Waals surface area contributed by atoms with Crippen molar-refractivity contribution < 1.29 is 46.6 Å². The summed E-state index contributed by atoms with van der Waals surface area (Å²) in [6, 6.07) is 31.6. The predicted molar refractivity (Wildman–Crippen MR) is 213 cm³/mol. The number of carbonyl (C=O) groups excluding carboxylic acids is 4. The number of phenols is 1. The van der Waals surface area contributed by atoms with Crippen LogP contribution in [0.25, 0.3) is 22.6 Å². The number of fused-ring (bicyclic) bond motifs is 5. The first-order chi connectivity index (χ1) is 28.8. The van der Waals surface area contributed by atoms with Crippen LogP contribution in [0.3, 0.4) is 0 Å². The number of amides is 4. The molecule has 1 aromatic heterocycles. The molecule has 1 saturated carbocycles. The normalized spacial score (nSPS) is 25.0. The molecule has 3 fully saturated rings. The van der Waals surface area contributed by atoms with E-state index >= 15 is 4.79 Å². The number of alkyl halides is 3. The first kappa shape index (κ1) is 37.5. The fourth-order valence-electron chi connectivity index (χ4n) is 10.1. The fraction of sp³-hybridized carbons (Fsp3) is 0.196. The lowest BCUT2D eigenvalue weighted by atomic mass is 9.49. The van der Waals surface area contributed by atoms with Gasteiger partial charge in [0.2, 0.25) is 29.5 Å². The smallest absolute Gasteiger partial charge is 0.508 e. The van der Waals surface area contributed by atoms with Gasteiger partial charge < -0.3 is 14.3 Å². The molecule has 2 saturated heterocycles. The second kappa shape index (κ2) is 13.7. The van der Waals surface area contributed by atoms with E-state index in [4.69, 9.17) is 16.0 Å². The second-order valence-electron chi connectivity index (χ2n) is 15.4. The van der Waals surface area contributed by atoms with Gasteiger partial charge in [-0.1, -0.05) is 71.8 Å². The molecule has 1 N–H and O–H groups in total. The van der Waals surface area contributed by atoms with Crippen LogP contribution in [0.4, 0.5) is 24.5 Å². The maximum Gasteiger partial charge on any atom is 0.573 e. The third kappa shape index (κ3) is 5.66. The monoisotopic (exact) mass is 829 g/mol. The van der Waals surface area contributed by atoms with E-state index in [0.717, 1.165) is 28.0 Å². The van der Waals surface area contributed by atoms with Gasteiger partial charge in [0, 0.05) is 22.1 Å². The summed E-state index contributed by atoms with van der Waals surface area (Å²) in [5, 5.41) is 11.9. The number of halogens is 4. The molecule has 0 spiro atoms. The maximum atomic E-state index is 15.4. The molecule has 3 heterocycles. The number of hydrogen-bond acceptors (Lipinski definition) is 8. The van der Waals surface area contributed by atoms with E-state index < -0.39 is 76.5 Å². The van der Waals surface area contributed by atoms with Gasteiger partial charge in [0.25, 0.3) is 0 Å². The summed E-state index contributed by atoms with van der Waals surface area (Å²) in [7, 11) is 0. The summed E-state index contributed by atoms with van der Waals surface area (Å²) in [6.45, 7) is 0. The van der Waals surface area contributed by atoms with Crippen LogP contribution in [0.2, 0.25) is 5.02 Å². The molecule has 5 aromatic carbocycles. The molecule has 4 aliphatic rings. The van der Waals surface area contributed by atoms with Crippen molar-refractivity contribution in [1.82, 2.24) is 4.98 Å².